The SMILES string of the molecule is CC(C)OC(CN)c1cccc(Cl)c1Cl. The monoisotopic (exact) mass is 247 g/mol. The fourth-order valence-electron chi connectivity index (χ4n) is 1.35. The van der Waals surface area contributed by atoms with E-state index in [1.165, 1.54) is 0 Å². The van der Waals surface area contributed by atoms with Crippen LogP contribution in [-0.2, 0) is 4.74 Å². The van der Waals surface area contributed by atoms with Gasteiger partial charge in [0.1, 0.15) is 0 Å². The summed E-state index contributed by atoms with van der Waals surface area (Å²) in [5.41, 5.74) is 6.49. The molecule has 1 unspecified atom stereocenters. The first-order chi connectivity index (χ1) is 7.06. The van der Waals surface area contributed by atoms with Crippen LogP contribution in [-0.4, -0.2) is 12.6 Å². The molecule has 0 saturated carbocycles. The Morgan fingerprint density at radius 1 is 1.33 bits per heavy atom. The van der Waals surface area contributed by atoms with Crippen LogP contribution in [0, 0.1) is 0 Å². The Hall–Kier alpha value is -0.280. The largest absolute Gasteiger partial charge is 0.369 e. The molecule has 2 nitrogen and oxygen atoms in total. The molecular formula is C11H15Cl2NO. The Labute approximate surface area is 100 Å². The van der Waals surface area contributed by atoms with Crippen LogP contribution in [0.15, 0.2) is 18.2 Å². The lowest BCUT2D eigenvalue weighted by Gasteiger charge is -2.20. The molecule has 0 aromatic heterocycles. The molecule has 0 aliphatic rings. The molecule has 0 spiro atoms. The highest BCUT2D eigenvalue weighted by Gasteiger charge is 2.16. The van der Waals surface area contributed by atoms with Crippen LogP contribution in [0.2, 0.25) is 10.0 Å². The van der Waals surface area contributed by atoms with Crippen molar-refractivity contribution in [3.63, 3.8) is 0 Å². The van der Waals surface area contributed by atoms with Crippen molar-refractivity contribution in [2.24, 2.45) is 5.73 Å². The second-order valence-electron chi connectivity index (χ2n) is 3.55. The molecular weight excluding hydrogens is 233 g/mol. The summed E-state index contributed by atoms with van der Waals surface area (Å²) in [5, 5.41) is 1.05. The van der Waals surface area contributed by atoms with Gasteiger partial charge in [-0.3, -0.25) is 0 Å². The maximum absolute atomic E-state index is 6.08. The van der Waals surface area contributed by atoms with E-state index >= 15 is 0 Å². The van der Waals surface area contributed by atoms with E-state index in [1.54, 1.807) is 6.07 Å². The normalized spacial score (nSPS) is 13.2. The first kappa shape index (κ1) is 12.8. The lowest BCUT2D eigenvalue weighted by molar-refractivity contribution is 0.0120. The number of hydrogen-bond acceptors (Lipinski definition) is 2. The van der Waals surface area contributed by atoms with Gasteiger partial charge in [0.05, 0.1) is 22.3 Å². The van der Waals surface area contributed by atoms with E-state index in [0.29, 0.717) is 16.6 Å². The fraction of sp³-hybridized carbons (Fsp3) is 0.455. The molecule has 0 saturated heterocycles. The second kappa shape index (κ2) is 5.71. The Kier molecular flexibility index (Phi) is 4.87. The van der Waals surface area contributed by atoms with Crippen LogP contribution in [0.1, 0.15) is 25.5 Å². The van der Waals surface area contributed by atoms with Crippen molar-refractivity contribution in [2.45, 2.75) is 26.1 Å². The molecule has 15 heavy (non-hydrogen) atoms. The summed E-state index contributed by atoms with van der Waals surface area (Å²) in [5.74, 6) is 0. The minimum absolute atomic E-state index is 0.105. The summed E-state index contributed by atoms with van der Waals surface area (Å²) >= 11 is 12.0. The molecule has 0 radical (unpaired) electrons. The zero-order valence-electron chi connectivity index (χ0n) is 8.84. The van der Waals surface area contributed by atoms with Gasteiger partial charge in [-0.05, 0) is 19.9 Å². The Balaban J connectivity index is 2.96. The van der Waals surface area contributed by atoms with E-state index in [9.17, 15) is 0 Å². The van der Waals surface area contributed by atoms with Crippen LogP contribution in [0.4, 0.5) is 0 Å². The van der Waals surface area contributed by atoms with E-state index in [0.717, 1.165) is 5.56 Å². The first-order valence-electron chi connectivity index (χ1n) is 4.85. The maximum atomic E-state index is 6.08. The minimum Gasteiger partial charge on any atom is -0.369 e. The Morgan fingerprint density at radius 3 is 2.53 bits per heavy atom. The van der Waals surface area contributed by atoms with E-state index in [4.69, 9.17) is 33.7 Å². The van der Waals surface area contributed by atoms with Crippen molar-refractivity contribution >= 4 is 23.2 Å². The number of benzene rings is 1. The van der Waals surface area contributed by atoms with Crippen molar-refractivity contribution in [2.75, 3.05) is 6.54 Å². The molecule has 0 bridgehead atoms. The van der Waals surface area contributed by atoms with E-state index < -0.39 is 0 Å². The van der Waals surface area contributed by atoms with E-state index in [2.05, 4.69) is 0 Å². The van der Waals surface area contributed by atoms with Crippen molar-refractivity contribution in [3.05, 3.63) is 33.8 Å². The van der Waals surface area contributed by atoms with Gasteiger partial charge in [0.15, 0.2) is 0 Å². The standard InChI is InChI=1S/C11H15Cl2NO/c1-7(2)15-10(6-14)8-4-3-5-9(12)11(8)13/h3-5,7,10H,6,14H2,1-2H3. The molecule has 0 amide bonds. The third-order valence-electron chi connectivity index (χ3n) is 1.98. The summed E-state index contributed by atoms with van der Waals surface area (Å²) in [4.78, 5) is 0. The maximum Gasteiger partial charge on any atom is 0.0965 e. The quantitative estimate of drug-likeness (QED) is 0.886. The van der Waals surface area contributed by atoms with Gasteiger partial charge in [-0.15, -0.1) is 0 Å². The summed E-state index contributed by atoms with van der Waals surface area (Å²) in [6, 6.07) is 5.47. The van der Waals surface area contributed by atoms with Gasteiger partial charge in [-0.25, -0.2) is 0 Å². The zero-order valence-corrected chi connectivity index (χ0v) is 10.3. The molecule has 4 heteroatoms. The third-order valence-corrected chi connectivity index (χ3v) is 2.81. The highest BCUT2D eigenvalue weighted by molar-refractivity contribution is 6.42. The topological polar surface area (TPSA) is 35.2 Å². The molecule has 0 heterocycles. The summed E-state index contributed by atoms with van der Waals surface area (Å²) < 4.78 is 5.65. The molecule has 0 aliphatic heterocycles. The van der Waals surface area contributed by atoms with Crippen molar-refractivity contribution in [3.8, 4) is 0 Å². The van der Waals surface area contributed by atoms with Gasteiger partial charge in [0.25, 0.3) is 0 Å². The van der Waals surface area contributed by atoms with Crippen LogP contribution in [0.25, 0.3) is 0 Å². The highest BCUT2D eigenvalue weighted by atomic mass is 35.5. The van der Waals surface area contributed by atoms with Gasteiger partial charge in [-0.2, -0.15) is 0 Å². The lowest BCUT2D eigenvalue weighted by atomic mass is 10.1. The summed E-state index contributed by atoms with van der Waals surface area (Å²) in [7, 11) is 0. The van der Waals surface area contributed by atoms with E-state index in [-0.39, 0.29) is 12.2 Å². The summed E-state index contributed by atoms with van der Waals surface area (Å²) in [6.45, 7) is 4.31. The van der Waals surface area contributed by atoms with Crippen molar-refractivity contribution in [1.82, 2.24) is 0 Å². The molecule has 1 aromatic rings. The Bertz CT molecular complexity index is 328. The van der Waals surface area contributed by atoms with Crippen LogP contribution >= 0.6 is 23.2 Å². The lowest BCUT2D eigenvalue weighted by Crippen LogP contribution is -2.19. The average Bonchev–Trinajstić information content (AvgIpc) is 2.19. The molecule has 1 aromatic carbocycles. The van der Waals surface area contributed by atoms with Crippen LogP contribution in [0.5, 0.6) is 0 Å². The van der Waals surface area contributed by atoms with Crippen molar-refractivity contribution < 1.29 is 4.74 Å². The highest BCUT2D eigenvalue weighted by Crippen LogP contribution is 2.31. The van der Waals surface area contributed by atoms with Crippen LogP contribution in [0.3, 0.4) is 0 Å². The van der Waals surface area contributed by atoms with Crippen molar-refractivity contribution in [1.29, 1.82) is 0 Å². The molecule has 84 valence electrons. The fourth-order valence-corrected chi connectivity index (χ4v) is 1.78. The number of halogens is 2. The zero-order chi connectivity index (χ0) is 11.4. The first-order valence-corrected chi connectivity index (χ1v) is 5.61. The predicted octanol–water partition coefficient (Wildman–Crippen LogP) is 3.42. The number of hydrogen-bond donors (Lipinski definition) is 1. The smallest absolute Gasteiger partial charge is 0.0965 e. The molecule has 0 fully saturated rings. The minimum atomic E-state index is -0.198. The summed E-state index contributed by atoms with van der Waals surface area (Å²) in [6.07, 6.45) is -0.0928. The number of rotatable bonds is 4. The molecule has 0 aliphatic carbocycles. The van der Waals surface area contributed by atoms with Gasteiger partial charge in [-0.1, -0.05) is 35.3 Å². The van der Waals surface area contributed by atoms with E-state index in [1.807, 2.05) is 26.0 Å². The third kappa shape index (κ3) is 3.35. The molecule has 1 rings (SSSR count). The second-order valence-corrected chi connectivity index (χ2v) is 4.34. The average molecular weight is 248 g/mol. The molecule has 1 atom stereocenters. The molecule has 2 N–H and O–H groups in total. The van der Waals surface area contributed by atoms with Gasteiger partial charge in [0.2, 0.25) is 0 Å². The van der Waals surface area contributed by atoms with Gasteiger partial charge >= 0.3 is 0 Å². The predicted molar refractivity (Wildman–Crippen MR) is 64.5 cm³/mol. The number of ether oxygens (including phenoxy) is 1. The van der Waals surface area contributed by atoms with Crippen LogP contribution < -0.4 is 5.73 Å². The number of nitrogens with two attached hydrogens (primary N) is 1. The van der Waals surface area contributed by atoms with Gasteiger partial charge in [0, 0.05) is 12.1 Å². The van der Waals surface area contributed by atoms with Gasteiger partial charge < -0.3 is 10.5 Å². The Morgan fingerprint density at radius 2 is 2.00 bits per heavy atom.